The quantitative estimate of drug-likeness (QED) is 0.220. The first-order valence-corrected chi connectivity index (χ1v) is 10.2. The molecule has 0 aliphatic rings. The van der Waals surface area contributed by atoms with Gasteiger partial charge in [-0.15, -0.1) is 12.1 Å². The molecule has 0 saturated heterocycles. The summed E-state index contributed by atoms with van der Waals surface area (Å²) in [6, 6.07) is 39.6. The molecule has 6 aromatic rings. The molecule has 4 heteroatoms. The van der Waals surface area contributed by atoms with E-state index in [9.17, 15) is 0 Å². The van der Waals surface area contributed by atoms with Crippen LogP contribution in [0.4, 0.5) is 0 Å². The van der Waals surface area contributed by atoms with Crippen LogP contribution in [0.2, 0.25) is 0 Å². The number of benzene rings is 3. The van der Waals surface area contributed by atoms with Crippen molar-refractivity contribution in [3.05, 3.63) is 115 Å². The van der Waals surface area contributed by atoms with Gasteiger partial charge in [-0.25, -0.2) is 16.1 Å². The van der Waals surface area contributed by atoms with Crippen LogP contribution in [0.5, 0.6) is 0 Å². The molecule has 0 aliphatic carbocycles. The van der Waals surface area contributed by atoms with Gasteiger partial charge in [0.05, 0.1) is 11.4 Å². The predicted octanol–water partition coefficient (Wildman–Crippen LogP) is 6.51. The Labute approximate surface area is 200 Å². The molecule has 32 heavy (non-hydrogen) atoms. The molecular formula is C28H17N3Pt. The molecule has 3 heterocycles. The number of nitrogens with zero attached hydrogens (tertiary/aromatic N) is 3. The van der Waals surface area contributed by atoms with Crippen molar-refractivity contribution in [3.8, 4) is 28.3 Å². The second kappa shape index (κ2) is 8.53. The first-order chi connectivity index (χ1) is 15.4. The van der Waals surface area contributed by atoms with Gasteiger partial charge in [-0.2, -0.15) is 36.4 Å². The number of rotatable bonds is 3. The van der Waals surface area contributed by atoms with Gasteiger partial charge in [0.2, 0.25) is 0 Å². The Hall–Kier alpha value is -3.55. The molecular weight excluding hydrogens is 573 g/mol. The Morgan fingerprint density at radius 1 is 0.656 bits per heavy atom. The molecule has 0 unspecified atom stereocenters. The van der Waals surface area contributed by atoms with Gasteiger partial charge in [0.15, 0.2) is 0 Å². The van der Waals surface area contributed by atoms with Gasteiger partial charge in [-0.1, -0.05) is 35.7 Å². The molecule has 0 radical (unpaired) electrons. The van der Waals surface area contributed by atoms with Crippen molar-refractivity contribution in [1.29, 1.82) is 0 Å². The SMILES string of the molecule is [Pt+2].[c-]1ccccc1-c1[c-]c2c(cc1)c1ccccc1n2-c1cccc(-c2ccccn2)n1. The van der Waals surface area contributed by atoms with Gasteiger partial charge >= 0.3 is 21.1 Å². The van der Waals surface area contributed by atoms with E-state index in [1.807, 2.05) is 54.6 Å². The fraction of sp³-hybridized carbons (Fsp3) is 0. The Bertz CT molecular complexity index is 1520. The van der Waals surface area contributed by atoms with Crippen LogP contribution in [0, 0.1) is 12.1 Å². The average molecular weight is 591 g/mol. The summed E-state index contributed by atoms with van der Waals surface area (Å²) >= 11 is 0. The Morgan fingerprint density at radius 3 is 2.34 bits per heavy atom. The summed E-state index contributed by atoms with van der Waals surface area (Å²) in [6.07, 6.45) is 1.79. The molecule has 0 bridgehead atoms. The van der Waals surface area contributed by atoms with Crippen LogP contribution in [0.1, 0.15) is 0 Å². The zero-order valence-electron chi connectivity index (χ0n) is 17.0. The van der Waals surface area contributed by atoms with E-state index >= 15 is 0 Å². The normalized spacial score (nSPS) is 10.9. The zero-order chi connectivity index (χ0) is 20.6. The molecule has 0 N–H and O–H groups in total. The Morgan fingerprint density at radius 2 is 1.50 bits per heavy atom. The van der Waals surface area contributed by atoms with E-state index < -0.39 is 0 Å². The molecule has 0 amide bonds. The predicted molar refractivity (Wildman–Crippen MR) is 125 cm³/mol. The second-order valence-corrected chi connectivity index (χ2v) is 7.36. The summed E-state index contributed by atoms with van der Waals surface area (Å²) in [5, 5.41) is 2.34. The van der Waals surface area contributed by atoms with Crippen molar-refractivity contribution in [2.24, 2.45) is 0 Å². The Kier molecular flexibility index (Phi) is 5.43. The number of hydrogen-bond donors (Lipinski definition) is 0. The van der Waals surface area contributed by atoms with Crippen molar-refractivity contribution >= 4 is 21.8 Å². The third-order valence-electron chi connectivity index (χ3n) is 5.47. The summed E-state index contributed by atoms with van der Waals surface area (Å²) in [6.45, 7) is 0. The molecule has 3 aromatic heterocycles. The van der Waals surface area contributed by atoms with Crippen LogP contribution in [-0.2, 0) is 21.1 Å². The largest absolute Gasteiger partial charge is 2.00 e. The standard InChI is InChI=1S/C28H17N3.Pt/c1-2-9-20(10-3-1)21-16-17-23-22-11-4-5-14-26(22)31(27(23)19-21)28-15-8-13-25(30-28)24-12-6-7-18-29-24;/h1-9,11-18H;/q-2;+2. The van der Waals surface area contributed by atoms with Crippen LogP contribution in [-0.4, -0.2) is 14.5 Å². The van der Waals surface area contributed by atoms with Crippen LogP contribution >= 0.6 is 0 Å². The third kappa shape index (κ3) is 3.45. The van der Waals surface area contributed by atoms with Crippen molar-refractivity contribution in [1.82, 2.24) is 14.5 Å². The number of fused-ring (bicyclic) bond motifs is 3. The van der Waals surface area contributed by atoms with Crippen LogP contribution in [0.3, 0.4) is 0 Å². The van der Waals surface area contributed by atoms with E-state index in [4.69, 9.17) is 4.98 Å². The molecule has 3 aromatic carbocycles. The number of aromatic nitrogens is 3. The van der Waals surface area contributed by atoms with E-state index in [0.29, 0.717) is 0 Å². The third-order valence-corrected chi connectivity index (χ3v) is 5.47. The maximum Gasteiger partial charge on any atom is 2.00 e. The van der Waals surface area contributed by atoms with Crippen molar-refractivity contribution < 1.29 is 21.1 Å². The second-order valence-electron chi connectivity index (χ2n) is 7.36. The van der Waals surface area contributed by atoms with Gasteiger partial charge in [0.25, 0.3) is 0 Å². The first-order valence-electron chi connectivity index (χ1n) is 10.2. The van der Waals surface area contributed by atoms with Gasteiger partial charge < -0.3 is 4.57 Å². The number of hydrogen-bond acceptors (Lipinski definition) is 2. The molecule has 3 nitrogen and oxygen atoms in total. The van der Waals surface area contributed by atoms with Crippen molar-refractivity contribution in [2.45, 2.75) is 0 Å². The van der Waals surface area contributed by atoms with Gasteiger partial charge in [0, 0.05) is 11.7 Å². The smallest absolute Gasteiger partial charge is 0.314 e. The van der Waals surface area contributed by atoms with Gasteiger partial charge in [-0.3, -0.25) is 4.98 Å². The van der Waals surface area contributed by atoms with Crippen LogP contribution < -0.4 is 0 Å². The summed E-state index contributed by atoms with van der Waals surface area (Å²) in [4.78, 5) is 9.43. The molecule has 0 atom stereocenters. The minimum atomic E-state index is 0. The fourth-order valence-electron chi connectivity index (χ4n) is 4.05. The summed E-state index contributed by atoms with van der Waals surface area (Å²) in [5.41, 5.74) is 5.84. The summed E-state index contributed by atoms with van der Waals surface area (Å²) in [7, 11) is 0. The number of para-hydroxylation sites is 1. The van der Waals surface area contributed by atoms with Crippen LogP contribution in [0.15, 0.2) is 103 Å². The number of pyridine rings is 2. The van der Waals surface area contributed by atoms with Crippen molar-refractivity contribution in [3.63, 3.8) is 0 Å². The zero-order valence-corrected chi connectivity index (χ0v) is 19.2. The first kappa shape index (κ1) is 20.4. The summed E-state index contributed by atoms with van der Waals surface area (Å²) in [5.74, 6) is 0.847. The van der Waals surface area contributed by atoms with E-state index in [-0.39, 0.29) is 21.1 Å². The Balaban J connectivity index is 0.00000216. The molecule has 0 saturated carbocycles. The van der Waals surface area contributed by atoms with Crippen molar-refractivity contribution in [2.75, 3.05) is 0 Å². The molecule has 0 aliphatic heterocycles. The van der Waals surface area contributed by atoms with Gasteiger partial charge in [-0.05, 0) is 41.2 Å². The van der Waals surface area contributed by atoms with E-state index in [1.54, 1.807) is 6.20 Å². The average Bonchev–Trinajstić information content (AvgIpc) is 3.19. The van der Waals surface area contributed by atoms with Crippen LogP contribution in [0.25, 0.3) is 50.1 Å². The maximum atomic E-state index is 4.96. The van der Waals surface area contributed by atoms with E-state index in [0.717, 1.165) is 44.8 Å². The topological polar surface area (TPSA) is 30.7 Å². The van der Waals surface area contributed by atoms with Gasteiger partial charge in [0.1, 0.15) is 5.82 Å². The van der Waals surface area contributed by atoms with E-state index in [1.165, 1.54) is 5.39 Å². The molecule has 154 valence electrons. The minimum Gasteiger partial charge on any atom is -0.314 e. The molecule has 6 rings (SSSR count). The maximum absolute atomic E-state index is 4.96. The van der Waals surface area contributed by atoms with E-state index in [2.05, 4.69) is 64.1 Å². The monoisotopic (exact) mass is 590 g/mol. The molecule has 0 fully saturated rings. The minimum absolute atomic E-state index is 0. The summed E-state index contributed by atoms with van der Waals surface area (Å²) < 4.78 is 2.18. The molecule has 0 spiro atoms. The fourth-order valence-corrected chi connectivity index (χ4v) is 4.05.